The molecule has 1 aliphatic carbocycles. The number of rotatable bonds is 4. The molecule has 2 rings (SSSR count). The van der Waals surface area contributed by atoms with E-state index < -0.39 is 0 Å². The Morgan fingerprint density at radius 1 is 1.53 bits per heavy atom. The Labute approximate surface area is 89.8 Å². The summed E-state index contributed by atoms with van der Waals surface area (Å²) < 4.78 is 5.33. The number of carbonyl (C=O) groups excluding carboxylic acids is 1. The summed E-state index contributed by atoms with van der Waals surface area (Å²) in [6, 6.07) is 0. The SMILES string of the molecule is CCC(=O)c1c(C(C)C)noc1C1CC1. The minimum absolute atomic E-state index is 0.168. The molecule has 0 atom stereocenters. The van der Waals surface area contributed by atoms with Crippen LogP contribution in [-0.2, 0) is 0 Å². The zero-order valence-corrected chi connectivity index (χ0v) is 9.54. The van der Waals surface area contributed by atoms with Gasteiger partial charge in [-0.1, -0.05) is 25.9 Å². The molecule has 15 heavy (non-hydrogen) atoms. The Morgan fingerprint density at radius 3 is 2.67 bits per heavy atom. The second-order valence-electron chi connectivity index (χ2n) is 4.51. The third-order valence-electron chi connectivity index (χ3n) is 2.84. The molecule has 1 aromatic heterocycles. The predicted molar refractivity (Wildman–Crippen MR) is 57.2 cm³/mol. The molecule has 0 spiro atoms. The number of hydrogen-bond acceptors (Lipinski definition) is 3. The number of aromatic nitrogens is 1. The second kappa shape index (κ2) is 3.80. The molecule has 1 aromatic rings. The van der Waals surface area contributed by atoms with Gasteiger partial charge in [0.05, 0.1) is 11.3 Å². The molecular formula is C12H17NO2. The van der Waals surface area contributed by atoms with Gasteiger partial charge in [-0.3, -0.25) is 4.79 Å². The zero-order chi connectivity index (χ0) is 11.0. The van der Waals surface area contributed by atoms with E-state index in [0.717, 1.165) is 29.9 Å². The lowest BCUT2D eigenvalue weighted by Gasteiger charge is -2.03. The van der Waals surface area contributed by atoms with Crippen molar-refractivity contribution in [2.75, 3.05) is 0 Å². The molecule has 0 aliphatic heterocycles. The summed E-state index contributed by atoms with van der Waals surface area (Å²) in [7, 11) is 0. The average Bonchev–Trinajstić information content (AvgIpc) is 2.95. The van der Waals surface area contributed by atoms with Gasteiger partial charge in [0.25, 0.3) is 0 Å². The van der Waals surface area contributed by atoms with Crippen LogP contribution in [0.5, 0.6) is 0 Å². The van der Waals surface area contributed by atoms with Gasteiger partial charge in [0.2, 0.25) is 0 Å². The van der Waals surface area contributed by atoms with Gasteiger partial charge in [-0.05, 0) is 18.8 Å². The fraction of sp³-hybridized carbons (Fsp3) is 0.667. The monoisotopic (exact) mass is 207 g/mol. The lowest BCUT2D eigenvalue weighted by molar-refractivity contribution is 0.0985. The molecule has 1 saturated carbocycles. The van der Waals surface area contributed by atoms with Crippen molar-refractivity contribution in [1.82, 2.24) is 5.16 Å². The first kappa shape index (κ1) is 10.4. The van der Waals surface area contributed by atoms with Crippen molar-refractivity contribution in [1.29, 1.82) is 0 Å². The highest BCUT2D eigenvalue weighted by Gasteiger charge is 2.34. The Bertz CT molecular complexity index is 355. The van der Waals surface area contributed by atoms with Gasteiger partial charge in [-0.15, -0.1) is 0 Å². The highest BCUT2D eigenvalue weighted by Crippen LogP contribution is 2.43. The highest BCUT2D eigenvalue weighted by atomic mass is 16.5. The van der Waals surface area contributed by atoms with E-state index >= 15 is 0 Å². The molecule has 0 unspecified atom stereocenters. The van der Waals surface area contributed by atoms with Crippen molar-refractivity contribution >= 4 is 5.78 Å². The summed E-state index contributed by atoms with van der Waals surface area (Å²) in [5.74, 6) is 1.72. The van der Waals surface area contributed by atoms with Crippen LogP contribution < -0.4 is 0 Å². The lowest BCUT2D eigenvalue weighted by Crippen LogP contribution is -2.04. The molecule has 0 N–H and O–H groups in total. The molecule has 82 valence electrons. The van der Waals surface area contributed by atoms with Crippen molar-refractivity contribution in [2.24, 2.45) is 0 Å². The number of hydrogen-bond donors (Lipinski definition) is 0. The minimum Gasteiger partial charge on any atom is -0.360 e. The van der Waals surface area contributed by atoms with Gasteiger partial charge >= 0.3 is 0 Å². The van der Waals surface area contributed by atoms with Crippen LogP contribution in [0.1, 0.15) is 73.7 Å². The summed E-state index contributed by atoms with van der Waals surface area (Å²) in [5, 5.41) is 4.05. The van der Waals surface area contributed by atoms with Crippen molar-refractivity contribution in [2.45, 2.75) is 51.9 Å². The fourth-order valence-corrected chi connectivity index (χ4v) is 1.79. The fourth-order valence-electron chi connectivity index (χ4n) is 1.79. The summed E-state index contributed by atoms with van der Waals surface area (Å²) >= 11 is 0. The summed E-state index contributed by atoms with van der Waals surface area (Å²) in [4.78, 5) is 11.9. The maximum atomic E-state index is 11.9. The van der Waals surface area contributed by atoms with Gasteiger partial charge in [0, 0.05) is 12.3 Å². The van der Waals surface area contributed by atoms with E-state index in [1.54, 1.807) is 0 Å². The first-order valence-electron chi connectivity index (χ1n) is 5.67. The molecule has 1 aliphatic rings. The molecule has 0 radical (unpaired) electrons. The van der Waals surface area contributed by atoms with Gasteiger partial charge in [0.15, 0.2) is 11.5 Å². The van der Waals surface area contributed by atoms with Crippen LogP contribution in [0.4, 0.5) is 0 Å². The number of carbonyl (C=O) groups is 1. The van der Waals surface area contributed by atoms with Crippen LogP contribution in [0.2, 0.25) is 0 Å². The average molecular weight is 207 g/mol. The van der Waals surface area contributed by atoms with Crippen molar-refractivity contribution in [3.8, 4) is 0 Å². The maximum Gasteiger partial charge on any atom is 0.168 e. The zero-order valence-electron chi connectivity index (χ0n) is 9.54. The highest BCUT2D eigenvalue weighted by molar-refractivity contribution is 5.98. The Morgan fingerprint density at radius 2 is 2.20 bits per heavy atom. The van der Waals surface area contributed by atoms with Crippen molar-refractivity contribution in [3.63, 3.8) is 0 Å². The Kier molecular flexibility index (Phi) is 2.63. The van der Waals surface area contributed by atoms with Gasteiger partial charge < -0.3 is 4.52 Å². The predicted octanol–water partition coefficient (Wildman–Crippen LogP) is 3.27. The third kappa shape index (κ3) is 1.83. The van der Waals surface area contributed by atoms with Gasteiger partial charge in [-0.2, -0.15) is 0 Å². The van der Waals surface area contributed by atoms with E-state index in [1.165, 1.54) is 0 Å². The van der Waals surface area contributed by atoms with E-state index in [0.29, 0.717) is 12.3 Å². The van der Waals surface area contributed by atoms with Crippen molar-refractivity contribution in [3.05, 3.63) is 17.0 Å². The van der Waals surface area contributed by atoms with Gasteiger partial charge in [-0.25, -0.2) is 0 Å². The summed E-state index contributed by atoms with van der Waals surface area (Å²) in [6.45, 7) is 5.97. The van der Waals surface area contributed by atoms with Crippen LogP contribution in [0.25, 0.3) is 0 Å². The number of nitrogens with zero attached hydrogens (tertiary/aromatic N) is 1. The molecule has 3 nitrogen and oxygen atoms in total. The first-order valence-corrected chi connectivity index (χ1v) is 5.67. The maximum absolute atomic E-state index is 11.9. The smallest absolute Gasteiger partial charge is 0.168 e. The van der Waals surface area contributed by atoms with Crippen LogP contribution >= 0.6 is 0 Å². The van der Waals surface area contributed by atoms with Crippen LogP contribution in [0.3, 0.4) is 0 Å². The van der Waals surface area contributed by atoms with Crippen LogP contribution in [0, 0.1) is 0 Å². The minimum atomic E-state index is 0.168. The number of Topliss-reactive ketones (excluding diaryl/α,β-unsaturated/α-hetero) is 1. The standard InChI is InChI=1S/C12H17NO2/c1-4-9(14)10-11(7(2)3)13-15-12(10)8-5-6-8/h7-8H,4-6H2,1-3H3. The molecule has 0 saturated heterocycles. The quantitative estimate of drug-likeness (QED) is 0.711. The Balaban J connectivity index is 2.43. The van der Waals surface area contributed by atoms with Crippen LogP contribution in [-0.4, -0.2) is 10.9 Å². The summed E-state index contributed by atoms with van der Waals surface area (Å²) in [5.41, 5.74) is 1.61. The molecular weight excluding hydrogens is 190 g/mol. The summed E-state index contributed by atoms with van der Waals surface area (Å²) in [6.07, 6.45) is 2.80. The lowest BCUT2D eigenvalue weighted by atomic mass is 9.98. The topological polar surface area (TPSA) is 43.1 Å². The molecule has 0 aromatic carbocycles. The Hall–Kier alpha value is -1.12. The molecule has 3 heteroatoms. The van der Waals surface area contributed by atoms with E-state index in [4.69, 9.17) is 4.52 Å². The molecule has 1 fully saturated rings. The normalized spacial score (nSPS) is 16.0. The van der Waals surface area contributed by atoms with E-state index in [-0.39, 0.29) is 11.7 Å². The molecule has 1 heterocycles. The third-order valence-corrected chi connectivity index (χ3v) is 2.84. The van der Waals surface area contributed by atoms with E-state index in [1.807, 2.05) is 20.8 Å². The van der Waals surface area contributed by atoms with E-state index in [2.05, 4.69) is 5.16 Å². The molecule has 0 amide bonds. The van der Waals surface area contributed by atoms with Crippen LogP contribution in [0.15, 0.2) is 4.52 Å². The first-order chi connectivity index (χ1) is 7.15. The van der Waals surface area contributed by atoms with E-state index in [9.17, 15) is 4.79 Å². The number of ketones is 1. The van der Waals surface area contributed by atoms with Crippen molar-refractivity contribution < 1.29 is 9.32 Å². The largest absolute Gasteiger partial charge is 0.360 e. The molecule has 0 bridgehead atoms. The van der Waals surface area contributed by atoms with Gasteiger partial charge in [0.1, 0.15) is 0 Å². The second-order valence-corrected chi connectivity index (χ2v) is 4.51.